The van der Waals surface area contributed by atoms with Gasteiger partial charge in [-0.3, -0.25) is 4.79 Å². The van der Waals surface area contributed by atoms with Crippen molar-refractivity contribution >= 4 is 23.3 Å². The average Bonchev–Trinajstić information content (AvgIpc) is 2.92. The second-order valence-electron chi connectivity index (χ2n) is 4.39. The largest absolute Gasteiger partial charge is 0.481 e. The minimum Gasteiger partial charge on any atom is -0.481 e. The lowest BCUT2D eigenvalue weighted by Crippen LogP contribution is -2.17. The zero-order valence-corrected chi connectivity index (χ0v) is 11.9. The van der Waals surface area contributed by atoms with Gasteiger partial charge >= 0.3 is 5.97 Å². The van der Waals surface area contributed by atoms with Crippen LogP contribution in [0.15, 0.2) is 17.5 Å². The maximum Gasteiger partial charge on any atom is 0.314 e. The van der Waals surface area contributed by atoms with E-state index in [4.69, 9.17) is 5.73 Å². The molecular weight excluding hydrogens is 276 g/mol. The molecule has 0 saturated heterocycles. The Bertz CT molecular complexity index is 586. The van der Waals surface area contributed by atoms with E-state index in [2.05, 4.69) is 15.0 Å². The molecule has 3 N–H and O–H groups in total. The number of thiophene rings is 1. The van der Waals surface area contributed by atoms with Gasteiger partial charge in [0, 0.05) is 0 Å². The standard InChI is InChI=1S/C13H16N4O2S/c1-2-3-5-8(12(18)19)10-15-11(17-13(14)16-10)9-6-4-7-20-9/h4,6-8H,2-3,5H2,1H3,(H,18,19)(H2,14,15,16,17). The Hall–Kier alpha value is -2.02. The average molecular weight is 292 g/mol. The first-order chi connectivity index (χ1) is 9.61. The molecule has 1 unspecified atom stereocenters. The molecule has 2 aromatic rings. The normalized spacial score (nSPS) is 12.2. The number of unbranched alkanes of at least 4 members (excludes halogenated alkanes) is 1. The lowest BCUT2D eigenvalue weighted by molar-refractivity contribution is -0.139. The van der Waals surface area contributed by atoms with Crippen LogP contribution in [0.4, 0.5) is 5.95 Å². The van der Waals surface area contributed by atoms with Gasteiger partial charge in [-0.1, -0.05) is 25.8 Å². The van der Waals surface area contributed by atoms with Crippen molar-refractivity contribution < 1.29 is 9.90 Å². The minimum absolute atomic E-state index is 0.0566. The van der Waals surface area contributed by atoms with Crippen LogP contribution in [0.3, 0.4) is 0 Å². The molecule has 1 atom stereocenters. The highest BCUT2D eigenvalue weighted by Gasteiger charge is 2.24. The van der Waals surface area contributed by atoms with Crippen LogP contribution in [0.2, 0.25) is 0 Å². The first-order valence-corrected chi connectivity index (χ1v) is 7.28. The Morgan fingerprint density at radius 2 is 2.25 bits per heavy atom. The molecule has 2 rings (SSSR count). The molecule has 0 fully saturated rings. The van der Waals surface area contributed by atoms with E-state index in [0.717, 1.165) is 17.7 Å². The molecule has 2 aromatic heterocycles. The number of hydrogen-bond donors (Lipinski definition) is 2. The number of nitrogens with two attached hydrogens (primary N) is 1. The molecule has 0 radical (unpaired) electrons. The summed E-state index contributed by atoms with van der Waals surface area (Å²) in [5.74, 6) is -0.937. The van der Waals surface area contributed by atoms with Crippen molar-refractivity contribution in [2.45, 2.75) is 32.1 Å². The van der Waals surface area contributed by atoms with Crippen LogP contribution in [0, 0.1) is 0 Å². The van der Waals surface area contributed by atoms with Crippen LogP contribution in [0.1, 0.15) is 37.9 Å². The molecule has 0 aromatic carbocycles. The highest BCUT2D eigenvalue weighted by atomic mass is 32.1. The molecule has 0 aliphatic carbocycles. The van der Waals surface area contributed by atoms with Crippen molar-refractivity contribution in [2.24, 2.45) is 0 Å². The Labute approximate surface area is 120 Å². The number of nitrogen functional groups attached to an aromatic ring is 1. The third-order valence-electron chi connectivity index (χ3n) is 2.87. The van der Waals surface area contributed by atoms with Crippen LogP contribution in [-0.4, -0.2) is 26.0 Å². The van der Waals surface area contributed by atoms with Crippen LogP contribution < -0.4 is 5.73 Å². The number of hydrogen-bond acceptors (Lipinski definition) is 6. The third-order valence-corrected chi connectivity index (χ3v) is 3.73. The molecule has 20 heavy (non-hydrogen) atoms. The summed E-state index contributed by atoms with van der Waals surface area (Å²) in [6, 6.07) is 3.75. The summed E-state index contributed by atoms with van der Waals surface area (Å²) in [5.41, 5.74) is 5.68. The summed E-state index contributed by atoms with van der Waals surface area (Å²) < 4.78 is 0. The van der Waals surface area contributed by atoms with Gasteiger partial charge in [0.15, 0.2) is 5.82 Å². The van der Waals surface area contributed by atoms with Crippen molar-refractivity contribution in [3.63, 3.8) is 0 Å². The van der Waals surface area contributed by atoms with Crippen molar-refractivity contribution in [1.82, 2.24) is 15.0 Å². The molecule has 6 nitrogen and oxygen atoms in total. The van der Waals surface area contributed by atoms with Gasteiger partial charge < -0.3 is 10.8 Å². The van der Waals surface area contributed by atoms with Gasteiger partial charge in [0.2, 0.25) is 5.95 Å². The van der Waals surface area contributed by atoms with E-state index in [1.54, 1.807) is 0 Å². The van der Waals surface area contributed by atoms with Crippen LogP contribution in [-0.2, 0) is 4.79 Å². The van der Waals surface area contributed by atoms with E-state index in [1.165, 1.54) is 11.3 Å². The number of carboxylic acids is 1. The van der Waals surface area contributed by atoms with Gasteiger partial charge in [-0.05, 0) is 17.9 Å². The molecule has 7 heteroatoms. The fraction of sp³-hybridized carbons (Fsp3) is 0.385. The van der Waals surface area contributed by atoms with Gasteiger partial charge in [-0.25, -0.2) is 4.98 Å². The van der Waals surface area contributed by atoms with E-state index in [0.29, 0.717) is 12.2 Å². The quantitative estimate of drug-likeness (QED) is 0.848. The Morgan fingerprint density at radius 1 is 1.45 bits per heavy atom. The molecule has 0 amide bonds. The molecule has 0 bridgehead atoms. The smallest absolute Gasteiger partial charge is 0.314 e. The molecular formula is C13H16N4O2S. The monoisotopic (exact) mass is 292 g/mol. The highest BCUT2D eigenvalue weighted by Crippen LogP contribution is 2.25. The maximum absolute atomic E-state index is 11.4. The maximum atomic E-state index is 11.4. The lowest BCUT2D eigenvalue weighted by Gasteiger charge is -2.11. The number of carbonyl (C=O) groups is 1. The topological polar surface area (TPSA) is 102 Å². The first kappa shape index (κ1) is 14.4. The van der Waals surface area contributed by atoms with Crippen molar-refractivity contribution in [3.8, 4) is 10.7 Å². The predicted molar refractivity (Wildman–Crippen MR) is 77.5 cm³/mol. The second kappa shape index (κ2) is 6.42. The summed E-state index contributed by atoms with van der Waals surface area (Å²) in [5, 5.41) is 11.2. The number of nitrogens with zero attached hydrogens (tertiary/aromatic N) is 3. The Morgan fingerprint density at radius 3 is 2.85 bits per heavy atom. The summed E-state index contributed by atoms with van der Waals surface area (Å²) >= 11 is 1.48. The van der Waals surface area contributed by atoms with Gasteiger partial charge in [-0.2, -0.15) is 9.97 Å². The number of rotatable bonds is 6. The summed E-state index contributed by atoms with van der Waals surface area (Å²) in [6.45, 7) is 2.01. The number of aliphatic carboxylic acids is 1. The zero-order valence-electron chi connectivity index (χ0n) is 11.1. The number of anilines is 1. The minimum atomic E-state index is -0.929. The van der Waals surface area contributed by atoms with Gasteiger partial charge in [0.25, 0.3) is 0 Å². The van der Waals surface area contributed by atoms with Crippen molar-refractivity contribution in [1.29, 1.82) is 0 Å². The summed E-state index contributed by atoms with van der Waals surface area (Å²) in [7, 11) is 0. The van der Waals surface area contributed by atoms with E-state index in [-0.39, 0.29) is 11.8 Å². The molecule has 0 saturated carbocycles. The van der Waals surface area contributed by atoms with Gasteiger partial charge in [-0.15, -0.1) is 11.3 Å². The van der Waals surface area contributed by atoms with Gasteiger partial charge in [0.1, 0.15) is 11.7 Å². The molecule has 106 valence electrons. The van der Waals surface area contributed by atoms with E-state index in [1.807, 2.05) is 24.4 Å². The van der Waals surface area contributed by atoms with E-state index in [9.17, 15) is 9.90 Å². The van der Waals surface area contributed by atoms with Crippen molar-refractivity contribution in [3.05, 3.63) is 23.3 Å². The summed E-state index contributed by atoms with van der Waals surface area (Å²) in [6.07, 6.45) is 2.22. The van der Waals surface area contributed by atoms with Crippen molar-refractivity contribution in [2.75, 3.05) is 5.73 Å². The zero-order chi connectivity index (χ0) is 14.5. The SMILES string of the molecule is CCCCC(C(=O)O)c1nc(N)nc(-c2cccs2)n1. The number of carboxylic acid groups (broad SMARTS) is 1. The van der Waals surface area contributed by atoms with E-state index < -0.39 is 11.9 Å². The highest BCUT2D eigenvalue weighted by molar-refractivity contribution is 7.13. The fourth-order valence-electron chi connectivity index (χ4n) is 1.85. The lowest BCUT2D eigenvalue weighted by atomic mass is 10.0. The van der Waals surface area contributed by atoms with Crippen LogP contribution >= 0.6 is 11.3 Å². The second-order valence-corrected chi connectivity index (χ2v) is 5.33. The predicted octanol–water partition coefficient (Wildman–Crippen LogP) is 2.54. The van der Waals surface area contributed by atoms with Crippen LogP contribution in [0.25, 0.3) is 10.7 Å². The third kappa shape index (κ3) is 3.30. The molecule has 0 aliphatic heterocycles. The Balaban J connectivity index is 2.37. The van der Waals surface area contributed by atoms with E-state index >= 15 is 0 Å². The molecule has 0 spiro atoms. The van der Waals surface area contributed by atoms with Crippen LogP contribution in [0.5, 0.6) is 0 Å². The fourth-order valence-corrected chi connectivity index (χ4v) is 2.51. The van der Waals surface area contributed by atoms with Gasteiger partial charge in [0.05, 0.1) is 4.88 Å². The Kier molecular flexibility index (Phi) is 4.62. The summed E-state index contributed by atoms with van der Waals surface area (Å²) in [4.78, 5) is 24.6. The molecule has 0 aliphatic rings. The number of aromatic nitrogens is 3. The molecule has 2 heterocycles. The first-order valence-electron chi connectivity index (χ1n) is 6.40.